The summed E-state index contributed by atoms with van der Waals surface area (Å²) in [6.07, 6.45) is 0.305. The van der Waals surface area contributed by atoms with Crippen molar-refractivity contribution in [2.45, 2.75) is 40.2 Å². The van der Waals surface area contributed by atoms with Gasteiger partial charge in [-0.05, 0) is 62.6 Å². The van der Waals surface area contributed by atoms with E-state index in [0.29, 0.717) is 42.3 Å². The van der Waals surface area contributed by atoms with Crippen LogP contribution in [-0.2, 0) is 4.74 Å². The zero-order chi connectivity index (χ0) is 21.4. The number of carbonyl (C=O) groups is 2. The molecule has 2 amide bonds. The van der Waals surface area contributed by atoms with Crippen molar-refractivity contribution in [1.82, 2.24) is 0 Å². The molecule has 0 fully saturated rings. The van der Waals surface area contributed by atoms with Crippen LogP contribution in [0, 0.1) is 13.8 Å². The smallest absolute Gasteiger partial charge is 0.414 e. The Morgan fingerprint density at radius 3 is 2.43 bits per heavy atom. The van der Waals surface area contributed by atoms with Gasteiger partial charge < -0.3 is 14.1 Å². The van der Waals surface area contributed by atoms with Crippen LogP contribution in [0.25, 0.3) is 11.0 Å². The maximum absolute atomic E-state index is 13.5. The molecule has 1 aliphatic heterocycles. The summed E-state index contributed by atoms with van der Waals surface area (Å²) in [5.74, 6) is 0.0810. The Bertz CT molecular complexity index is 1080. The normalized spacial score (nSPS) is 15.9. The molecule has 2 heterocycles. The summed E-state index contributed by atoms with van der Waals surface area (Å²) in [5, 5.41) is 0.887. The van der Waals surface area contributed by atoms with E-state index in [-0.39, 0.29) is 18.0 Å². The number of furan rings is 1. The Morgan fingerprint density at radius 1 is 1.07 bits per heavy atom. The second-order valence-electron chi connectivity index (χ2n) is 7.62. The van der Waals surface area contributed by atoms with Crippen LogP contribution in [0.4, 0.5) is 16.2 Å². The van der Waals surface area contributed by atoms with Gasteiger partial charge in [0.05, 0.1) is 24.0 Å². The molecule has 1 aromatic heterocycles. The van der Waals surface area contributed by atoms with Crippen molar-refractivity contribution in [1.29, 1.82) is 0 Å². The Hall–Kier alpha value is -3.28. The van der Waals surface area contributed by atoms with Gasteiger partial charge in [-0.25, -0.2) is 4.79 Å². The predicted octanol–water partition coefficient (Wildman–Crippen LogP) is 5.45. The number of hydrogen-bond acceptors (Lipinski definition) is 4. The molecule has 0 saturated carbocycles. The number of amides is 2. The van der Waals surface area contributed by atoms with Gasteiger partial charge in [0.2, 0.25) is 0 Å². The first-order valence-electron chi connectivity index (χ1n) is 10.3. The molecule has 0 spiro atoms. The van der Waals surface area contributed by atoms with Gasteiger partial charge in [0.1, 0.15) is 5.58 Å². The van der Waals surface area contributed by atoms with Crippen LogP contribution >= 0.6 is 0 Å². The Labute approximate surface area is 176 Å². The highest BCUT2D eigenvalue weighted by atomic mass is 16.6. The van der Waals surface area contributed by atoms with Gasteiger partial charge in [-0.2, -0.15) is 0 Å². The van der Waals surface area contributed by atoms with E-state index in [2.05, 4.69) is 0 Å². The van der Waals surface area contributed by atoms with Crippen molar-refractivity contribution in [3.8, 4) is 0 Å². The van der Waals surface area contributed by atoms with Gasteiger partial charge >= 0.3 is 6.09 Å². The quantitative estimate of drug-likeness (QED) is 0.580. The van der Waals surface area contributed by atoms with Crippen molar-refractivity contribution in [3.63, 3.8) is 0 Å². The van der Waals surface area contributed by atoms with Crippen molar-refractivity contribution >= 4 is 34.3 Å². The summed E-state index contributed by atoms with van der Waals surface area (Å²) in [5.41, 5.74) is 4.17. The summed E-state index contributed by atoms with van der Waals surface area (Å²) < 4.78 is 11.2. The van der Waals surface area contributed by atoms with Gasteiger partial charge in [-0.15, -0.1) is 0 Å². The van der Waals surface area contributed by atoms with Crippen LogP contribution < -0.4 is 9.80 Å². The molecule has 156 valence electrons. The van der Waals surface area contributed by atoms with Crippen LogP contribution in [0.2, 0.25) is 0 Å². The summed E-state index contributed by atoms with van der Waals surface area (Å²) in [7, 11) is 0. The lowest BCUT2D eigenvalue weighted by atomic mass is 10.00. The minimum absolute atomic E-state index is 0.188. The zero-order valence-corrected chi connectivity index (χ0v) is 17.8. The topological polar surface area (TPSA) is 63.0 Å². The molecular weight excluding hydrogens is 380 g/mol. The SMILES string of the molecule is CCOC(=O)N1c2cc(C)c(C)cc2N(C(=O)c2cc3ccccc3o2)CC1CC. The average molecular weight is 406 g/mol. The second kappa shape index (κ2) is 7.86. The number of para-hydroxylation sites is 1. The number of benzene rings is 2. The highest BCUT2D eigenvalue weighted by molar-refractivity contribution is 6.10. The molecule has 0 saturated heterocycles. The molecule has 0 aliphatic carbocycles. The molecule has 1 aliphatic rings. The Morgan fingerprint density at radius 2 is 1.77 bits per heavy atom. The van der Waals surface area contributed by atoms with Crippen LogP contribution in [0.5, 0.6) is 0 Å². The van der Waals surface area contributed by atoms with E-state index in [9.17, 15) is 9.59 Å². The molecule has 1 atom stereocenters. The molecule has 0 N–H and O–H groups in total. The first-order valence-corrected chi connectivity index (χ1v) is 10.3. The number of fused-ring (bicyclic) bond motifs is 2. The Kier molecular flexibility index (Phi) is 5.24. The van der Waals surface area contributed by atoms with Crippen LogP contribution in [-0.4, -0.2) is 31.2 Å². The van der Waals surface area contributed by atoms with Crippen molar-refractivity contribution in [3.05, 3.63) is 59.4 Å². The maximum atomic E-state index is 13.5. The van der Waals surface area contributed by atoms with E-state index < -0.39 is 0 Å². The first-order chi connectivity index (χ1) is 14.4. The molecular formula is C24H26N2O4. The summed E-state index contributed by atoms with van der Waals surface area (Å²) >= 11 is 0. The number of carbonyl (C=O) groups excluding carboxylic acids is 2. The fraction of sp³-hybridized carbons (Fsp3) is 0.333. The lowest BCUT2D eigenvalue weighted by Crippen LogP contribution is -2.53. The van der Waals surface area contributed by atoms with Crippen LogP contribution in [0.15, 0.2) is 46.9 Å². The van der Waals surface area contributed by atoms with Gasteiger partial charge in [0, 0.05) is 11.9 Å². The maximum Gasteiger partial charge on any atom is 0.414 e. The molecule has 4 rings (SSSR count). The minimum atomic E-state index is -0.385. The van der Waals surface area contributed by atoms with Crippen molar-refractivity contribution in [2.24, 2.45) is 0 Å². The monoisotopic (exact) mass is 406 g/mol. The number of ether oxygens (including phenoxy) is 1. The predicted molar refractivity (Wildman–Crippen MR) is 117 cm³/mol. The molecule has 3 aromatic rings. The van der Waals surface area contributed by atoms with Gasteiger partial charge in [-0.3, -0.25) is 9.69 Å². The molecule has 6 heteroatoms. The number of rotatable bonds is 3. The van der Waals surface area contributed by atoms with Gasteiger partial charge in [-0.1, -0.05) is 25.1 Å². The summed E-state index contributed by atoms with van der Waals surface area (Å²) in [6.45, 7) is 8.47. The van der Waals surface area contributed by atoms with E-state index in [1.165, 1.54) is 0 Å². The minimum Gasteiger partial charge on any atom is -0.451 e. The zero-order valence-electron chi connectivity index (χ0n) is 17.8. The fourth-order valence-electron chi connectivity index (χ4n) is 3.95. The fourth-order valence-corrected chi connectivity index (χ4v) is 3.95. The molecule has 1 unspecified atom stereocenters. The second-order valence-corrected chi connectivity index (χ2v) is 7.62. The molecule has 2 aromatic carbocycles. The van der Waals surface area contributed by atoms with Crippen molar-refractivity contribution in [2.75, 3.05) is 23.0 Å². The Balaban J connectivity index is 1.82. The van der Waals surface area contributed by atoms with E-state index in [1.807, 2.05) is 57.2 Å². The largest absolute Gasteiger partial charge is 0.451 e. The van der Waals surface area contributed by atoms with E-state index in [1.54, 1.807) is 22.8 Å². The van der Waals surface area contributed by atoms with Crippen molar-refractivity contribution < 1.29 is 18.7 Å². The third-order valence-corrected chi connectivity index (χ3v) is 5.72. The molecule has 0 bridgehead atoms. The van der Waals surface area contributed by atoms with E-state index in [0.717, 1.165) is 16.5 Å². The average Bonchev–Trinajstić information content (AvgIpc) is 3.17. The number of nitrogens with zero attached hydrogens (tertiary/aromatic N) is 2. The summed E-state index contributed by atoms with van der Waals surface area (Å²) in [4.78, 5) is 29.7. The molecule has 6 nitrogen and oxygen atoms in total. The van der Waals surface area contributed by atoms with Crippen LogP contribution in [0.1, 0.15) is 41.9 Å². The molecule has 30 heavy (non-hydrogen) atoms. The third kappa shape index (κ3) is 3.32. The highest BCUT2D eigenvalue weighted by Gasteiger charge is 2.38. The molecule has 0 radical (unpaired) electrons. The standard InChI is InChI=1S/C24H26N2O4/c1-5-18-14-25(23(27)22-13-17-9-7-8-10-21(17)30-22)19-11-15(3)16(4)12-20(19)26(18)24(28)29-6-2/h7-13,18H,5-6,14H2,1-4H3. The van der Waals surface area contributed by atoms with E-state index in [4.69, 9.17) is 9.15 Å². The lowest BCUT2D eigenvalue weighted by Gasteiger charge is -2.41. The van der Waals surface area contributed by atoms with Crippen LogP contribution in [0.3, 0.4) is 0 Å². The number of anilines is 2. The highest BCUT2D eigenvalue weighted by Crippen LogP contribution is 2.40. The number of aryl methyl sites for hydroxylation is 2. The first kappa shape index (κ1) is 20.0. The van der Waals surface area contributed by atoms with Gasteiger partial charge in [0.25, 0.3) is 5.91 Å². The van der Waals surface area contributed by atoms with Gasteiger partial charge in [0.15, 0.2) is 5.76 Å². The van der Waals surface area contributed by atoms with E-state index >= 15 is 0 Å². The summed E-state index contributed by atoms with van der Waals surface area (Å²) in [6, 6.07) is 13.1. The lowest BCUT2D eigenvalue weighted by molar-refractivity contribution is 0.0957. The third-order valence-electron chi connectivity index (χ3n) is 5.72. The number of hydrogen-bond donors (Lipinski definition) is 0.